The molecule has 0 aliphatic carbocycles. The van der Waals surface area contributed by atoms with Crippen LogP contribution in [0.4, 0.5) is 0 Å². The number of nitriles is 1. The number of hydrogen-bond donors (Lipinski definition) is 1. The number of likely N-dealkylation sites (tertiary alicyclic amines) is 2. The lowest BCUT2D eigenvalue weighted by Gasteiger charge is -2.34. The van der Waals surface area contributed by atoms with Gasteiger partial charge in [-0.3, -0.25) is 9.80 Å². The van der Waals surface area contributed by atoms with Crippen molar-refractivity contribution in [1.82, 2.24) is 9.80 Å². The molecule has 1 aromatic carbocycles. The quantitative estimate of drug-likeness (QED) is 0.915. The van der Waals surface area contributed by atoms with E-state index in [1.54, 1.807) is 0 Å². The predicted molar refractivity (Wildman–Crippen MR) is 83.6 cm³/mol. The highest BCUT2D eigenvalue weighted by molar-refractivity contribution is 5.37. The topological polar surface area (TPSA) is 56.3 Å². The monoisotopic (exact) mass is 284 g/mol. The Kier molecular flexibility index (Phi) is 4.54. The summed E-state index contributed by atoms with van der Waals surface area (Å²) in [6.45, 7) is 5.44. The second-order valence-electron chi connectivity index (χ2n) is 6.32. The van der Waals surface area contributed by atoms with Gasteiger partial charge < -0.3 is 5.73 Å². The molecule has 0 amide bonds. The van der Waals surface area contributed by atoms with Gasteiger partial charge in [0.25, 0.3) is 0 Å². The molecular formula is C17H24N4. The summed E-state index contributed by atoms with van der Waals surface area (Å²) in [6.07, 6.45) is 3.51. The van der Waals surface area contributed by atoms with Crippen molar-refractivity contribution >= 4 is 0 Å². The maximum absolute atomic E-state index is 9.18. The van der Waals surface area contributed by atoms with E-state index in [0.717, 1.165) is 56.7 Å². The van der Waals surface area contributed by atoms with E-state index in [1.807, 2.05) is 18.2 Å². The molecule has 2 heterocycles. The number of hydrogen-bond acceptors (Lipinski definition) is 4. The third-order valence-electron chi connectivity index (χ3n) is 4.87. The summed E-state index contributed by atoms with van der Waals surface area (Å²) in [4.78, 5) is 5.09. The van der Waals surface area contributed by atoms with Crippen molar-refractivity contribution < 1.29 is 0 Å². The Balaban J connectivity index is 1.56. The van der Waals surface area contributed by atoms with Crippen LogP contribution in [0.3, 0.4) is 0 Å². The zero-order valence-corrected chi connectivity index (χ0v) is 12.5. The summed E-state index contributed by atoms with van der Waals surface area (Å²) in [5.41, 5.74) is 7.95. The van der Waals surface area contributed by atoms with Gasteiger partial charge in [0.1, 0.15) is 0 Å². The van der Waals surface area contributed by atoms with Crippen LogP contribution in [0.1, 0.15) is 30.4 Å². The van der Waals surface area contributed by atoms with E-state index in [9.17, 15) is 5.26 Å². The van der Waals surface area contributed by atoms with E-state index < -0.39 is 0 Å². The molecule has 2 aliphatic rings. The first-order valence-corrected chi connectivity index (χ1v) is 7.96. The molecule has 2 saturated heterocycles. The Hall–Kier alpha value is -1.41. The van der Waals surface area contributed by atoms with E-state index in [4.69, 9.17) is 5.73 Å². The first-order chi connectivity index (χ1) is 10.3. The van der Waals surface area contributed by atoms with Gasteiger partial charge in [-0.1, -0.05) is 18.2 Å². The number of piperidine rings is 1. The summed E-state index contributed by atoms with van der Waals surface area (Å²) < 4.78 is 0. The first kappa shape index (κ1) is 14.5. The molecule has 0 aromatic heterocycles. The smallest absolute Gasteiger partial charge is 0.0995 e. The van der Waals surface area contributed by atoms with Gasteiger partial charge in [0.2, 0.25) is 0 Å². The Morgan fingerprint density at radius 2 is 1.90 bits per heavy atom. The second kappa shape index (κ2) is 6.57. The van der Waals surface area contributed by atoms with Gasteiger partial charge in [0.15, 0.2) is 0 Å². The SMILES string of the molecule is N#Cc1ccccc1CN1CCC(N2CCC(N)CC2)C1. The van der Waals surface area contributed by atoms with E-state index >= 15 is 0 Å². The minimum atomic E-state index is 0.404. The fourth-order valence-electron chi connectivity index (χ4n) is 3.55. The summed E-state index contributed by atoms with van der Waals surface area (Å²) >= 11 is 0. The Morgan fingerprint density at radius 1 is 1.14 bits per heavy atom. The number of benzene rings is 1. The molecule has 0 bridgehead atoms. The molecule has 1 unspecified atom stereocenters. The Labute approximate surface area is 127 Å². The zero-order chi connectivity index (χ0) is 14.7. The van der Waals surface area contributed by atoms with Crippen molar-refractivity contribution in [2.45, 2.75) is 37.9 Å². The number of nitrogens with zero attached hydrogens (tertiary/aromatic N) is 3. The average molecular weight is 284 g/mol. The molecule has 0 spiro atoms. The minimum Gasteiger partial charge on any atom is -0.328 e. The fourth-order valence-corrected chi connectivity index (χ4v) is 3.55. The molecule has 0 saturated carbocycles. The maximum atomic E-state index is 9.18. The molecule has 0 radical (unpaired) electrons. The van der Waals surface area contributed by atoms with Gasteiger partial charge in [0, 0.05) is 31.7 Å². The standard InChI is InChI=1S/C17H24N4/c18-11-14-3-1-2-4-15(14)12-20-8-7-17(13-20)21-9-5-16(19)6-10-21/h1-4,16-17H,5-10,12-13,19H2. The maximum Gasteiger partial charge on any atom is 0.0995 e. The van der Waals surface area contributed by atoms with Crippen molar-refractivity contribution in [2.24, 2.45) is 5.73 Å². The first-order valence-electron chi connectivity index (χ1n) is 7.96. The normalized spacial score (nSPS) is 25.0. The van der Waals surface area contributed by atoms with Crippen LogP contribution in [0, 0.1) is 11.3 Å². The molecule has 4 nitrogen and oxygen atoms in total. The number of nitrogens with two attached hydrogens (primary N) is 1. The lowest BCUT2D eigenvalue weighted by Crippen LogP contribution is -2.46. The molecule has 2 aliphatic heterocycles. The Bertz CT molecular complexity index is 514. The van der Waals surface area contributed by atoms with Gasteiger partial charge in [-0.15, -0.1) is 0 Å². The third kappa shape index (κ3) is 3.44. The van der Waals surface area contributed by atoms with Crippen LogP contribution in [0.15, 0.2) is 24.3 Å². The van der Waals surface area contributed by atoms with Crippen LogP contribution in [0.25, 0.3) is 0 Å². The third-order valence-corrected chi connectivity index (χ3v) is 4.87. The highest BCUT2D eigenvalue weighted by Crippen LogP contribution is 2.22. The highest BCUT2D eigenvalue weighted by Gasteiger charge is 2.29. The van der Waals surface area contributed by atoms with Crippen LogP contribution >= 0.6 is 0 Å². The molecule has 1 aromatic rings. The summed E-state index contributed by atoms with van der Waals surface area (Å²) in [6, 6.07) is 11.3. The molecule has 21 heavy (non-hydrogen) atoms. The fraction of sp³-hybridized carbons (Fsp3) is 0.588. The Morgan fingerprint density at radius 3 is 2.67 bits per heavy atom. The van der Waals surface area contributed by atoms with Gasteiger partial charge in [-0.25, -0.2) is 0 Å². The molecule has 2 fully saturated rings. The molecule has 3 rings (SSSR count). The molecule has 112 valence electrons. The van der Waals surface area contributed by atoms with Crippen molar-refractivity contribution in [3.05, 3.63) is 35.4 Å². The highest BCUT2D eigenvalue weighted by atomic mass is 15.3. The van der Waals surface area contributed by atoms with Crippen molar-refractivity contribution in [1.29, 1.82) is 5.26 Å². The van der Waals surface area contributed by atoms with Crippen molar-refractivity contribution in [2.75, 3.05) is 26.2 Å². The van der Waals surface area contributed by atoms with Gasteiger partial charge in [-0.2, -0.15) is 5.26 Å². The average Bonchev–Trinajstić information content (AvgIpc) is 2.97. The molecule has 2 N–H and O–H groups in total. The lowest BCUT2D eigenvalue weighted by atomic mass is 10.0. The zero-order valence-electron chi connectivity index (χ0n) is 12.5. The summed E-state index contributed by atoms with van der Waals surface area (Å²) in [5.74, 6) is 0. The van der Waals surface area contributed by atoms with Crippen LogP contribution < -0.4 is 5.73 Å². The van der Waals surface area contributed by atoms with Gasteiger partial charge in [-0.05, 0) is 44.0 Å². The second-order valence-corrected chi connectivity index (χ2v) is 6.32. The van der Waals surface area contributed by atoms with Crippen LogP contribution in [-0.4, -0.2) is 48.1 Å². The van der Waals surface area contributed by atoms with E-state index in [-0.39, 0.29) is 0 Å². The van der Waals surface area contributed by atoms with Crippen molar-refractivity contribution in [3.63, 3.8) is 0 Å². The molecular weight excluding hydrogens is 260 g/mol. The summed E-state index contributed by atoms with van der Waals surface area (Å²) in [5, 5.41) is 9.18. The minimum absolute atomic E-state index is 0.404. The predicted octanol–water partition coefficient (Wildman–Crippen LogP) is 1.56. The van der Waals surface area contributed by atoms with Gasteiger partial charge in [0.05, 0.1) is 11.6 Å². The largest absolute Gasteiger partial charge is 0.328 e. The van der Waals surface area contributed by atoms with E-state index in [0.29, 0.717) is 12.1 Å². The number of rotatable bonds is 3. The van der Waals surface area contributed by atoms with E-state index in [1.165, 1.54) is 6.42 Å². The van der Waals surface area contributed by atoms with Gasteiger partial charge >= 0.3 is 0 Å². The van der Waals surface area contributed by atoms with Crippen LogP contribution in [-0.2, 0) is 6.54 Å². The lowest BCUT2D eigenvalue weighted by molar-refractivity contribution is 0.151. The molecule has 1 atom stereocenters. The molecule has 4 heteroatoms. The van der Waals surface area contributed by atoms with E-state index in [2.05, 4.69) is 21.9 Å². The summed E-state index contributed by atoms with van der Waals surface area (Å²) in [7, 11) is 0. The van der Waals surface area contributed by atoms with Crippen molar-refractivity contribution in [3.8, 4) is 6.07 Å². The van der Waals surface area contributed by atoms with Crippen LogP contribution in [0.5, 0.6) is 0 Å². The van der Waals surface area contributed by atoms with Crippen LogP contribution in [0.2, 0.25) is 0 Å².